The fraction of sp³-hybridized carbons (Fsp3) is 1.00. The molecule has 0 aliphatic rings. The average Bonchev–Trinajstić information content (AvgIpc) is 1.58. The third kappa shape index (κ3) is 1.84. The highest BCUT2D eigenvalue weighted by molar-refractivity contribution is 4.91. The van der Waals surface area contributed by atoms with E-state index in [-0.39, 0.29) is 0 Å². The van der Waals surface area contributed by atoms with Crippen molar-refractivity contribution >= 4 is 0 Å². The van der Waals surface area contributed by atoms with Gasteiger partial charge in [0, 0.05) is 0 Å². The van der Waals surface area contributed by atoms with Crippen LogP contribution in [0.15, 0.2) is 0 Å². The van der Waals surface area contributed by atoms with Crippen molar-refractivity contribution < 1.29 is 17.6 Å². The second kappa shape index (κ2) is 2.35. The zero-order chi connectivity index (χ0) is 9.50. The van der Waals surface area contributed by atoms with Crippen molar-refractivity contribution in [2.45, 2.75) is 39.5 Å². The normalized spacial score (nSPS) is 15.3. The summed E-state index contributed by atoms with van der Waals surface area (Å²) in [5, 5.41) is 0. The minimum atomic E-state index is -4.49. The third-order valence-corrected chi connectivity index (χ3v) is 2.19. The van der Waals surface area contributed by atoms with Gasteiger partial charge >= 0.3 is 6.18 Å². The van der Waals surface area contributed by atoms with E-state index >= 15 is 0 Å². The molecule has 0 aromatic rings. The first kappa shape index (κ1) is 10.7. The summed E-state index contributed by atoms with van der Waals surface area (Å²) in [5.41, 5.74) is -4.54. The van der Waals surface area contributed by atoms with Crippen LogP contribution in [-0.4, -0.2) is 11.8 Å². The van der Waals surface area contributed by atoms with Crippen LogP contribution in [0.1, 0.15) is 27.7 Å². The molecule has 0 heterocycles. The van der Waals surface area contributed by atoms with E-state index in [0.29, 0.717) is 0 Å². The van der Waals surface area contributed by atoms with Crippen LogP contribution in [0.25, 0.3) is 0 Å². The molecular weight excluding hydrogens is 160 g/mol. The Morgan fingerprint density at radius 2 is 1.00 bits per heavy atom. The van der Waals surface area contributed by atoms with E-state index in [9.17, 15) is 17.6 Å². The van der Waals surface area contributed by atoms with Gasteiger partial charge in [-0.15, -0.1) is 0 Å². The van der Waals surface area contributed by atoms with Gasteiger partial charge in [-0.2, -0.15) is 13.2 Å². The molecule has 0 saturated carbocycles. The van der Waals surface area contributed by atoms with Gasteiger partial charge < -0.3 is 0 Å². The van der Waals surface area contributed by atoms with Gasteiger partial charge in [0.25, 0.3) is 0 Å². The van der Waals surface area contributed by atoms with Gasteiger partial charge in [-0.25, -0.2) is 4.39 Å². The van der Waals surface area contributed by atoms with Crippen LogP contribution in [0, 0.1) is 5.41 Å². The monoisotopic (exact) mass is 172 g/mol. The van der Waals surface area contributed by atoms with Gasteiger partial charge in [-0.05, 0) is 27.7 Å². The third-order valence-electron chi connectivity index (χ3n) is 2.19. The molecule has 0 unspecified atom stereocenters. The molecule has 0 bridgehead atoms. The van der Waals surface area contributed by atoms with Crippen LogP contribution >= 0.6 is 0 Å². The summed E-state index contributed by atoms with van der Waals surface area (Å²) < 4.78 is 49.2. The largest absolute Gasteiger partial charge is 0.397 e. The molecule has 0 amide bonds. The number of hydrogen-bond acceptors (Lipinski definition) is 0. The lowest BCUT2D eigenvalue weighted by Crippen LogP contribution is -2.46. The zero-order valence-corrected chi connectivity index (χ0v) is 7.01. The maximum absolute atomic E-state index is 12.9. The minimum absolute atomic E-state index is 0.854. The van der Waals surface area contributed by atoms with Crippen LogP contribution in [0.4, 0.5) is 17.6 Å². The molecule has 0 rings (SSSR count). The highest BCUT2D eigenvalue weighted by Crippen LogP contribution is 2.47. The summed E-state index contributed by atoms with van der Waals surface area (Å²) in [4.78, 5) is 0. The van der Waals surface area contributed by atoms with E-state index in [1.165, 1.54) is 0 Å². The molecule has 0 aromatic heterocycles. The van der Waals surface area contributed by atoms with Crippen molar-refractivity contribution in [1.82, 2.24) is 0 Å². The van der Waals surface area contributed by atoms with E-state index in [4.69, 9.17) is 0 Å². The summed E-state index contributed by atoms with van der Waals surface area (Å²) in [5.74, 6) is 0. The topological polar surface area (TPSA) is 0 Å². The second-order valence-electron chi connectivity index (χ2n) is 3.60. The van der Waals surface area contributed by atoms with Crippen molar-refractivity contribution in [1.29, 1.82) is 0 Å². The molecule has 0 N–H and O–H groups in total. The van der Waals surface area contributed by atoms with Gasteiger partial charge in [0.15, 0.2) is 0 Å². The Morgan fingerprint density at radius 3 is 1.00 bits per heavy atom. The fourth-order valence-electron chi connectivity index (χ4n) is 0.337. The Kier molecular flexibility index (Phi) is 2.29. The van der Waals surface area contributed by atoms with Crippen molar-refractivity contribution in [3.8, 4) is 0 Å². The molecule has 4 heteroatoms. The number of alkyl halides is 4. The lowest BCUT2D eigenvalue weighted by atomic mass is 9.78. The van der Waals surface area contributed by atoms with Gasteiger partial charge in [-0.3, -0.25) is 0 Å². The fourth-order valence-corrected chi connectivity index (χ4v) is 0.337. The maximum atomic E-state index is 12.9. The predicted molar refractivity (Wildman–Crippen MR) is 35.0 cm³/mol. The highest BCUT2D eigenvalue weighted by Gasteiger charge is 2.57. The lowest BCUT2D eigenvalue weighted by Gasteiger charge is -2.36. The lowest BCUT2D eigenvalue weighted by molar-refractivity contribution is -0.248. The van der Waals surface area contributed by atoms with Crippen molar-refractivity contribution in [3.63, 3.8) is 0 Å². The van der Waals surface area contributed by atoms with E-state index in [1.807, 2.05) is 0 Å². The number of rotatable bonds is 1. The molecular formula is C7H12F4. The smallest absolute Gasteiger partial charge is 0.244 e. The standard InChI is InChI=1S/C7H12F4/c1-5(2,6(3,4)8)7(9,10)11/h1-4H3. The van der Waals surface area contributed by atoms with Crippen molar-refractivity contribution in [3.05, 3.63) is 0 Å². The number of hydrogen-bond donors (Lipinski definition) is 0. The average molecular weight is 172 g/mol. The molecule has 0 aliphatic heterocycles. The summed E-state index contributed by atoms with van der Waals surface area (Å²) in [6.45, 7) is 3.57. The van der Waals surface area contributed by atoms with Crippen molar-refractivity contribution in [2.75, 3.05) is 0 Å². The molecule has 0 nitrogen and oxygen atoms in total. The number of halogens is 4. The van der Waals surface area contributed by atoms with Gasteiger partial charge in [0.1, 0.15) is 5.67 Å². The van der Waals surface area contributed by atoms with Crippen LogP contribution in [-0.2, 0) is 0 Å². The van der Waals surface area contributed by atoms with Crippen LogP contribution in [0.5, 0.6) is 0 Å². The Bertz CT molecular complexity index is 122. The molecule has 0 fully saturated rings. The zero-order valence-electron chi connectivity index (χ0n) is 7.01. The van der Waals surface area contributed by atoms with Gasteiger partial charge in [-0.1, -0.05) is 0 Å². The Morgan fingerprint density at radius 1 is 0.727 bits per heavy atom. The minimum Gasteiger partial charge on any atom is -0.244 e. The van der Waals surface area contributed by atoms with E-state index in [0.717, 1.165) is 27.7 Å². The summed E-state index contributed by atoms with van der Waals surface area (Å²) in [7, 11) is 0. The first-order valence-corrected chi connectivity index (χ1v) is 3.26. The molecule has 0 aromatic carbocycles. The van der Waals surface area contributed by atoms with Crippen LogP contribution in [0.3, 0.4) is 0 Å². The van der Waals surface area contributed by atoms with Gasteiger partial charge in [0.05, 0.1) is 5.41 Å². The quantitative estimate of drug-likeness (QED) is 0.532. The molecule has 0 radical (unpaired) electrons. The summed E-state index contributed by atoms with van der Waals surface area (Å²) in [6.07, 6.45) is -4.49. The highest BCUT2D eigenvalue weighted by atomic mass is 19.4. The maximum Gasteiger partial charge on any atom is 0.397 e. The SMILES string of the molecule is CC(C)(F)C(C)(C)C(F)(F)F. The molecule has 0 aliphatic carbocycles. The predicted octanol–water partition coefficient (Wildman–Crippen LogP) is 3.32. The molecule has 0 spiro atoms. The Labute approximate surface area is 63.6 Å². The molecule has 0 atom stereocenters. The molecule has 0 saturated heterocycles. The first-order chi connectivity index (χ1) is 4.50. The van der Waals surface area contributed by atoms with Crippen LogP contribution < -0.4 is 0 Å². The summed E-state index contributed by atoms with van der Waals surface area (Å²) >= 11 is 0. The summed E-state index contributed by atoms with van der Waals surface area (Å²) in [6, 6.07) is 0. The van der Waals surface area contributed by atoms with E-state index < -0.39 is 17.3 Å². The Hall–Kier alpha value is -0.280. The van der Waals surface area contributed by atoms with Crippen LogP contribution in [0.2, 0.25) is 0 Å². The Balaban J connectivity index is 4.75. The molecule has 68 valence electrons. The second-order valence-corrected chi connectivity index (χ2v) is 3.60. The molecule has 11 heavy (non-hydrogen) atoms. The van der Waals surface area contributed by atoms with E-state index in [1.54, 1.807) is 0 Å². The first-order valence-electron chi connectivity index (χ1n) is 3.26. The van der Waals surface area contributed by atoms with Crippen molar-refractivity contribution in [2.24, 2.45) is 5.41 Å². The van der Waals surface area contributed by atoms with E-state index in [2.05, 4.69) is 0 Å². The van der Waals surface area contributed by atoms with Gasteiger partial charge in [0.2, 0.25) is 0 Å².